The van der Waals surface area contributed by atoms with E-state index in [1.807, 2.05) is 72.8 Å². The van der Waals surface area contributed by atoms with E-state index in [9.17, 15) is 9.59 Å². The molecule has 2 amide bonds. The maximum Gasteiger partial charge on any atom is 0.227 e. The maximum absolute atomic E-state index is 12.4. The Bertz CT molecular complexity index is 1110. The van der Waals surface area contributed by atoms with Crippen molar-refractivity contribution in [1.29, 1.82) is 0 Å². The molecule has 1 atom stereocenters. The summed E-state index contributed by atoms with van der Waals surface area (Å²) in [5.74, 6) is 0.990. The van der Waals surface area contributed by atoms with Crippen LogP contribution in [0.15, 0.2) is 72.8 Å². The quantitative estimate of drug-likeness (QED) is 0.510. The van der Waals surface area contributed by atoms with Gasteiger partial charge >= 0.3 is 0 Å². The molecule has 0 aliphatic carbocycles. The Balaban J connectivity index is 1.26. The van der Waals surface area contributed by atoms with E-state index in [0.29, 0.717) is 43.9 Å². The van der Waals surface area contributed by atoms with Crippen molar-refractivity contribution >= 4 is 17.5 Å². The van der Waals surface area contributed by atoms with Crippen LogP contribution in [0.1, 0.15) is 29.5 Å². The smallest absolute Gasteiger partial charge is 0.227 e. The van der Waals surface area contributed by atoms with Gasteiger partial charge in [0.1, 0.15) is 6.61 Å². The van der Waals surface area contributed by atoms with Crippen LogP contribution in [0.25, 0.3) is 0 Å². The van der Waals surface area contributed by atoms with Gasteiger partial charge in [-0.15, -0.1) is 0 Å². The molecule has 1 aliphatic heterocycles. The highest BCUT2D eigenvalue weighted by Crippen LogP contribution is 2.29. The van der Waals surface area contributed by atoms with Gasteiger partial charge in [-0.2, -0.15) is 0 Å². The molecule has 0 fully saturated rings. The first-order valence-corrected chi connectivity index (χ1v) is 11.1. The number of hydrogen-bond donors (Lipinski definition) is 2. The van der Waals surface area contributed by atoms with Gasteiger partial charge in [-0.25, -0.2) is 0 Å². The highest BCUT2D eigenvalue weighted by atomic mass is 16.5. The second-order valence-corrected chi connectivity index (χ2v) is 8.12. The summed E-state index contributed by atoms with van der Waals surface area (Å²) in [5.41, 5.74) is 3.97. The van der Waals surface area contributed by atoms with Crippen molar-refractivity contribution in [2.45, 2.75) is 32.4 Å². The second kappa shape index (κ2) is 10.7. The molecular weight excluding hydrogens is 416 g/mol. The summed E-state index contributed by atoms with van der Waals surface area (Å²) in [6.07, 6.45) is 1.48. The second-order valence-electron chi connectivity index (χ2n) is 8.12. The number of rotatable bonds is 9. The molecule has 0 saturated heterocycles. The molecule has 0 bridgehead atoms. The molecule has 3 aromatic rings. The molecule has 0 radical (unpaired) electrons. The molecule has 1 heterocycles. The van der Waals surface area contributed by atoms with E-state index < -0.39 is 0 Å². The summed E-state index contributed by atoms with van der Waals surface area (Å²) in [6.45, 7) is 0.834. The number of para-hydroxylation sites is 1. The van der Waals surface area contributed by atoms with Crippen LogP contribution in [-0.4, -0.2) is 18.9 Å². The van der Waals surface area contributed by atoms with Crippen LogP contribution in [0.4, 0.5) is 5.69 Å². The Kier molecular flexibility index (Phi) is 7.25. The summed E-state index contributed by atoms with van der Waals surface area (Å²) in [6, 6.07) is 23.4. The molecule has 0 saturated carbocycles. The molecule has 3 aromatic carbocycles. The molecule has 33 heavy (non-hydrogen) atoms. The SMILES string of the molecule is COc1cc(CNC(=O)CCC2Cc3ccccc3NC2=O)ccc1OCc1ccccc1. The predicted molar refractivity (Wildman–Crippen MR) is 127 cm³/mol. The molecule has 6 nitrogen and oxygen atoms in total. The van der Waals surface area contributed by atoms with Crippen LogP contribution in [0.2, 0.25) is 0 Å². The summed E-state index contributed by atoms with van der Waals surface area (Å²) in [7, 11) is 1.60. The summed E-state index contributed by atoms with van der Waals surface area (Å²) in [4.78, 5) is 24.7. The molecule has 0 spiro atoms. The number of hydrogen-bond acceptors (Lipinski definition) is 4. The van der Waals surface area contributed by atoms with Gasteiger partial charge in [0.25, 0.3) is 0 Å². The van der Waals surface area contributed by atoms with Gasteiger partial charge < -0.3 is 20.1 Å². The van der Waals surface area contributed by atoms with E-state index in [0.717, 1.165) is 22.4 Å². The van der Waals surface area contributed by atoms with Gasteiger partial charge in [0.05, 0.1) is 7.11 Å². The zero-order valence-electron chi connectivity index (χ0n) is 18.7. The van der Waals surface area contributed by atoms with Gasteiger partial charge in [-0.05, 0) is 47.7 Å². The van der Waals surface area contributed by atoms with Gasteiger partial charge in [-0.3, -0.25) is 9.59 Å². The Hall–Kier alpha value is -3.80. The van der Waals surface area contributed by atoms with E-state index in [1.165, 1.54) is 0 Å². The number of carbonyl (C=O) groups excluding carboxylic acids is 2. The first-order valence-electron chi connectivity index (χ1n) is 11.1. The van der Waals surface area contributed by atoms with Crippen LogP contribution in [0, 0.1) is 5.92 Å². The average molecular weight is 445 g/mol. The Morgan fingerprint density at radius 1 is 1.00 bits per heavy atom. The summed E-state index contributed by atoms with van der Waals surface area (Å²) >= 11 is 0. The number of anilines is 1. The molecule has 2 N–H and O–H groups in total. The molecule has 1 aliphatic rings. The lowest BCUT2D eigenvalue weighted by molar-refractivity contribution is -0.122. The van der Waals surface area contributed by atoms with Crippen molar-refractivity contribution in [3.8, 4) is 11.5 Å². The average Bonchev–Trinajstić information content (AvgIpc) is 2.85. The van der Waals surface area contributed by atoms with Crippen molar-refractivity contribution in [2.24, 2.45) is 5.92 Å². The number of methoxy groups -OCH3 is 1. The molecule has 4 rings (SSSR count). The van der Waals surface area contributed by atoms with Crippen molar-refractivity contribution in [3.63, 3.8) is 0 Å². The van der Waals surface area contributed by atoms with E-state index >= 15 is 0 Å². The van der Waals surface area contributed by atoms with Crippen molar-refractivity contribution in [1.82, 2.24) is 5.32 Å². The normalized spacial score (nSPS) is 14.7. The monoisotopic (exact) mass is 444 g/mol. The molecule has 6 heteroatoms. The Morgan fingerprint density at radius 3 is 2.61 bits per heavy atom. The summed E-state index contributed by atoms with van der Waals surface area (Å²) in [5, 5.41) is 5.87. The highest BCUT2D eigenvalue weighted by molar-refractivity contribution is 5.96. The van der Waals surface area contributed by atoms with E-state index in [1.54, 1.807) is 7.11 Å². The number of benzene rings is 3. The van der Waals surface area contributed by atoms with Gasteiger partial charge in [0, 0.05) is 24.6 Å². The van der Waals surface area contributed by atoms with Crippen LogP contribution in [-0.2, 0) is 29.2 Å². The molecular formula is C27H28N2O4. The van der Waals surface area contributed by atoms with Gasteiger partial charge in [-0.1, -0.05) is 54.6 Å². The Morgan fingerprint density at radius 2 is 1.79 bits per heavy atom. The lowest BCUT2D eigenvalue weighted by Gasteiger charge is -2.24. The lowest BCUT2D eigenvalue weighted by atomic mass is 9.89. The predicted octanol–water partition coefficient (Wildman–Crippen LogP) is 4.48. The third-order valence-electron chi connectivity index (χ3n) is 5.79. The third-order valence-corrected chi connectivity index (χ3v) is 5.79. The van der Waals surface area contributed by atoms with Crippen molar-refractivity contribution < 1.29 is 19.1 Å². The largest absolute Gasteiger partial charge is 0.493 e. The fourth-order valence-electron chi connectivity index (χ4n) is 3.92. The van der Waals surface area contributed by atoms with Crippen molar-refractivity contribution in [3.05, 3.63) is 89.5 Å². The van der Waals surface area contributed by atoms with Crippen LogP contribution in [0.5, 0.6) is 11.5 Å². The molecule has 1 unspecified atom stereocenters. The summed E-state index contributed by atoms with van der Waals surface area (Å²) < 4.78 is 11.4. The zero-order valence-corrected chi connectivity index (χ0v) is 18.7. The van der Waals surface area contributed by atoms with Gasteiger partial charge in [0.15, 0.2) is 11.5 Å². The number of amides is 2. The van der Waals surface area contributed by atoms with E-state index in [2.05, 4.69) is 10.6 Å². The minimum Gasteiger partial charge on any atom is -0.493 e. The van der Waals surface area contributed by atoms with Crippen LogP contribution >= 0.6 is 0 Å². The topological polar surface area (TPSA) is 76.7 Å². The van der Waals surface area contributed by atoms with Crippen LogP contribution < -0.4 is 20.1 Å². The number of carbonyl (C=O) groups is 2. The highest BCUT2D eigenvalue weighted by Gasteiger charge is 2.26. The fraction of sp³-hybridized carbons (Fsp3) is 0.259. The zero-order chi connectivity index (χ0) is 23.0. The van der Waals surface area contributed by atoms with Gasteiger partial charge in [0.2, 0.25) is 11.8 Å². The first-order chi connectivity index (χ1) is 16.1. The fourth-order valence-corrected chi connectivity index (χ4v) is 3.92. The lowest BCUT2D eigenvalue weighted by Crippen LogP contribution is -2.31. The third kappa shape index (κ3) is 5.92. The van der Waals surface area contributed by atoms with Crippen LogP contribution in [0.3, 0.4) is 0 Å². The van der Waals surface area contributed by atoms with E-state index in [4.69, 9.17) is 9.47 Å². The Labute approximate surface area is 193 Å². The van der Waals surface area contributed by atoms with Crippen molar-refractivity contribution in [2.75, 3.05) is 12.4 Å². The standard InChI is InChI=1S/C27H28N2O4/c1-32-25-15-20(11-13-24(25)33-18-19-7-3-2-4-8-19)17-28-26(30)14-12-22-16-21-9-5-6-10-23(21)29-27(22)31/h2-11,13,15,22H,12,14,16-18H2,1H3,(H,28,30)(H,29,31). The number of nitrogens with one attached hydrogen (secondary N) is 2. The first kappa shape index (κ1) is 22.4. The maximum atomic E-state index is 12.4. The molecule has 170 valence electrons. The molecule has 0 aromatic heterocycles. The van der Waals surface area contributed by atoms with E-state index in [-0.39, 0.29) is 17.7 Å². The minimum absolute atomic E-state index is 0.0164. The number of ether oxygens (including phenoxy) is 2. The minimum atomic E-state index is -0.188. The number of fused-ring (bicyclic) bond motifs is 1.